The number of hydrogen-bond acceptors (Lipinski definition) is 5. The summed E-state index contributed by atoms with van der Waals surface area (Å²) in [6.45, 7) is 4.91. The van der Waals surface area contributed by atoms with Crippen molar-refractivity contribution < 1.29 is 0 Å². The maximum Gasteiger partial charge on any atom is 0.0958 e. The van der Waals surface area contributed by atoms with Crippen molar-refractivity contribution in [1.82, 2.24) is 9.97 Å². The summed E-state index contributed by atoms with van der Waals surface area (Å²) in [5, 5.41) is 5.53. The van der Waals surface area contributed by atoms with Crippen molar-refractivity contribution in [2.45, 2.75) is 25.4 Å². The largest absolute Gasteiger partial charge is 0.379 e. The van der Waals surface area contributed by atoms with Crippen LogP contribution in [0.1, 0.15) is 15.6 Å². The molecule has 0 aliphatic carbocycles. The number of aryl methyl sites for hydroxylation is 2. The summed E-state index contributed by atoms with van der Waals surface area (Å²) >= 11 is 3.39. The first kappa shape index (κ1) is 12.4. The lowest BCUT2D eigenvalue weighted by molar-refractivity contribution is 1.08. The van der Waals surface area contributed by atoms with Gasteiger partial charge in [0.15, 0.2) is 0 Å². The van der Waals surface area contributed by atoms with E-state index in [4.69, 9.17) is 0 Å². The lowest BCUT2D eigenvalue weighted by Crippen LogP contribution is -1.99. The van der Waals surface area contributed by atoms with Gasteiger partial charge in [0.1, 0.15) is 0 Å². The minimum Gasteiger partial charge on any atom is -0.379 e. The molecule has 2 heterocycles. The fourth-order valence-electron chi connectivity index (χ4n) is 1.53. The molecule has 0 atom stereocenters. The molecule has 2 rings (SSSR count). The standard InChI is InChI=1S/C12H15N3S2/c1-8-11(17-9(2)15-8)7-13-10-4-5-12(16-3)14-6-10/h4-6,13H,7H2,1-3H3. The average Bonchev–Trinajstić information content (AvgIpc) is 2.66. The van der Waals surface area contributed by atoms with Gasteiger partial charge in [-0.15, -0.1) is 23.1 Å². The molecule has 2 aromatic heterocycles. The van der Waals surface area contributed by atoms with E-state index < -0.39 is 0 Å². The Kier molecular flexibility index (Phi) is 4.02. The van der Waals surface area contributed by atoms with Crippen LogP contribution in [-0.2, 0) is 6.54 Å². The molecule has 0 saturated carbocycles. The Hall–Kier alpha value is -1.07. The zero-order valence-corrected chi connectivity index (χ0v) is 11.8. The Morgan fingerprint density at radius 3 is 2.71 bits per heavy atom. The summed E-state index contributed by atoms with van der Waals surface area (Å²) in [6.07, 6.45) is 3.90. The fraction of sp³-hybridized carbons (Fsp3) is 0.333. The maximum absolute atomic E-state index is 4.41. The van der Waals surface area contributed by atoms with Crippen molar-refractivity contribution in [2.24, 2.45) is 0 Å². The summed E-state index contributed by atoms with van der Waals surface area (Å²) in [4.78, 5) is 10.0. The van der Waals surface area contributed by atoms with Crippen LogP contribution >= 0.6 is 23.1 Å². The molecule has 0 saturated heterocycles. The predicted octanol–water partition coefficient (Wildman–Crippen LogP) is 3.49. The minimum atomic E-state index is 0.817. The summed E-state index contributed by atoms with van der Waals surface area (Å²) in [5.74, 6) is 0. The number of thioether (sulfide) groups is 1. The topological polar surface area (TPSA) is 37.8 Å². The zero-order valence-electron chi connectivity index (χ0n) is 10.2. The Bertz CT molecular complexity index is 491. The summed E-state index contributed by atoms with van der Waals surface area (Å²) in [7, 11) is 0. The summed E-state index contributed by atoms with van der Waals surface area (Å²) in [6, 6.07) is 4.08. The van der Waals surface area contributed by atoms with Crippen LogP contribution in [0, 0.1) is 13.8 Å². The first-order valence-electron chi connectivity index (χ1n) is 5.36. The molecule has 1 N–H and O–H groups in total. The quantitative estimate of drug-likeness (QED) is 0.859. The number of nitrogens with zero attached hydrogens (tertiary/aromatic N) is 2. The van der Waals surface area contributed by atoms with E-state index in [0.29, 0.717) is 0 Å². The van der Waals surface area contributed by atoms with Gasteiger partial charge in [-0.3, -0.25) is 0 Å². The molecule has 5 heteroatoms. The van der Waals surface area contributed by atoms with Gasteiger partial charge in [-0.25, -0.2) is 9.97 Å². The van der Waals surface area contributed by atoms with Gasteiger partial charge in [0, 0.05) is 4.88 Å². The Balaban J connectivity index is 1.99. The van der Waals surface area contributed by atoms with Crippen molar-refractivity contribution in [3.8, 4) is 0 Å². The number of rotatable bonds is 4. The van der Waals surface area contributed by atoms with Gasteiger partial charge in [-0.1, -0.05) is 0 Å². The number of anilines is 1. The molecule has 2 aromatic rings. The fourth-order valence-corrected chi connectivity index (χ4v) is 2.76. The van der Waals surface area contributed by atoms with E-state index in [1.165, 1.54) is 4.88 Å². The molecule has 0 aromatic carbocycles. The number of pyridine rings is 1. The van der Waals surface area contributed by atoms with Crippen molar-refractivity contribution >= 4 is 28.8 Å². The summed E-state index contributed by atoms with van der Waals surface area (Å²) in [5.41, 5.74) is 2.17. The first-order chi connectivity index (χ1) is 8.19. The van der Waals surface area contributed by atoms with E-state index in [1.807, 2.05) is 25.4 Å². The van der Waals surface area contributed by atoms with E-state index in [1.54, 1.807) is 23.1 Å². The van der Waals surface area contributed by atoms with Gasteiger partial charge >= 0.3 is 0 Å². The zero-order chi connectivity index (χ0) is 12.3. The highest BCUT2D eigenvalue weighted by Gasteiger charge is 2.04. The number of hydrogen-bond donors (Lipinski definition) is 1. The van der Waals surface area contributed by atoms with E-state index in [-0.39, 0.29) is 0 Å². The van der Waals surface area contributed by atoms with Crippen LogP contribution in [0.4, 0.5) is 5.69 Å². The highest BCUT2D eigenvalue weighted by Crippen LogP contribution is 2.19. The molecule has 3 nitrogen and oxygen atoms in total. The van der Waals surface area contributed by atoms with Gasteiger partial charge < -0.3 is 5.32 Å². The Labute approximate surface area is 110 Å². The Morgan fingerprint density at radius 2 is 2.18 bits per heavy atom. The third-order valence-electron chi connectivity index (χ3n) is 2.40. The second-order valence-electron chi connectivity index (χ2n) is 3.68. The predicted molar refractivity (Wildman–Crippen MR) is 74.9 cm³/mol. The van der Waals surface area contributed by atoms with Crippen LogP contribution in [0.25, 0.3) is 0 Å². The molecule has 0 aliphatic rings. The molecule has 0 aliphatic heterocycles. The van der Waals surface area contributed by atoms with Crippen LogP contribution in [-0.4, -0.2) is 16.2 Å². The molecule has 0 amide bonds. The lowest BCUT2D eigenvalue weighted by Gasteiger charge is -2.05. The number of thiazole rings is 1. The average molecular weight is 265 g/mol. The van der Waals surface area contributed by atoms with E-state index in [9.17, 15) is 0 Å². The molecule has 17 heavy (non-hydrogen) atoms. The van der Waals surface area contributed by atoms with E-state index in [0.717, 1.165) is 28.0 Å². The molecule has 0 fully saturated rings. The third kappa shape index (κ3) is 3.20. The smallest absolute Gasteiger partial charge is 0.0958 e. The molecule has 0 radical (unpaired) electrons. The van der Waals surface area contributed by atoms with Gasteiger partial charge in [0.25, 0.3) is 0 Å². The van der Waals surface area contributed by atoms with Crippen LogP contribution in [0.5, 0.6) is 0 Å². The summed E-state index contributed by atoms with van der Waals surface area (Å²) < 4.78 is 0. The number of aromatic nitrogens is 2. The van der Waals surface area contributed by atoms with E-state index >= 15 is 0 Å². The van der Waals surface area contributed by atoms with Crippen molar-refractivity contribution in [3.63, 3.8) is 0 Å². The lowest BCUT2D eigenvalue weighted by atomic mass is 10.3. The first-order valence-corrected chi connectivity index (χ1v) is 7.40. The van der Waals surface area contributed by atoms with Gasteiger partial charge in [0.2, 0.25) is 0 Å². The normalized spacial score (nSPS) is 10.5. The van der Waals surface area contributed by atoms with Crippen LogP contribution in [0.2, 0.25) is 0 Å². The monoisotopic (exact) mass is 265 g/mol. The second kappa shape index (κ2) is 5.51. The molecular formula is C12H15N3S2. The Morgan fingerprint density at radius 1 is 1.35 bits per heavy atom. The second-order valence-corrected chi connectivity index (χ2v) is 5.80. The highest BCUT2D eigenvalue weighted by molar-refractivity contribution is 7.98. The van der Waals surface area contributed by atoms with Gasteiger partial charge in [-0.2, -0.15) is 0 Å². The third-order valence-corrected chi connectivity index (χ3v) is 4.13. The van der Waals surface area contributed by atoms with Crippen LogP contribution in [0.3, 0.4) is 0 Å². The molecule has 0 spiro atoms. The molecular weight excluding hydrogens is 250 g/mol. The molecule has 0 bridgehead atoms. The van der Waals surface area contributed by atoms with Crippen molar-refractivity contribution in [3.05, 3.63) is 33.9 Å². The van der Waals surface area contributed by atoms with Crippen LogP contribution in [0.15, 0.2) is 23.4 Å². The number of nitrogens with one attached hydrogen (secondary N) is 1. The van der Waals surface area contributed by atoms with E-state index in [2.05, 4.69) is 28.3 Å². The van der Waals surface area contributed by atoms with Gasteiger partial charge in [0.05, 0.1) is 34.2 Å². The maximum atomic E-state index is 4.41. The molecule has 0 unspecified atom stereocenters. The van der Waals surface area contributed by atoms with Crippen molar-refractivity contribution in [1.29, 1.82) is 0 Å². The van der Waals surface area contributed by atoms with Gasteiger partial charge in [-0.05, 0) is 32.2 Å². The molecule has 90 valence electrons. The van der Waals surface area contributed by atoms with Crippen molar-refractivity contribution in [2.75, 3.05) is 11.6 Å². The van der Waals surface area contributed by atoms with Crippen LogP contribution < -0.4 is 5.32 Å². The highest BCUT2D eigenvalue weighted by atomic mass is 32.2. The minimum absolute atomic E-state index is 0.817. The SMILES string of the molecule is CSc1ccc(NCc2sc(C)nc2C)cn1.